The molecule has 9 atom stereocenters. The number of esters is 2. The number of carbonyl (C=O) groups excluding carboxylic acids is 2. The lowest BCUT2D eigenvalue weighted by Crippen LogP contribution is -2.66. The first kappa shape index (κ1) is 34.9. The van der Waals surface area contributed by atoms with Crippen molar-refractivity contribution < 1.29 is 43.9 Å². The molecule has 0 aromatic carbocycles. The van der Waals surface area contributed by atoms with Crippen LogP contribution >= 0.6 is 0 Å². The standard InChI is InChI=1S/C34H50O9/c1-8-25-15-14-20(3)18-23(6)30-24(19-22(5)26(35)13-11-10-12-21(4)32(39)40-25)16-17-34(7)31(41-27(36)9-2)28(37)29(38)33(42-30)43-34/h10-12,14,18-19,24-26,28-31,33,35,37-38H,8-9,13,15-17H2,1-7H3/b11-10+,20-14+,21-12+,22-19+,23-18+. The van der Waals surface area contributed by atoms with Gasteiger partial charge < -0.3 is 34.3 Å². The molecule has 0 aliphatic carbocycles. The molecule has 0 aromatic heterocycles. The van der Waals surface area contributed by atoms with Crippen molar-refractivity contribution in [3.8, 4) is 0 Å². The van der Waals surface area contributed by atoms with Crippen LogP contribution in [0.2, 0.25) is 0 Å². The monoisotopic (exact) mass is 602 g/mol. The summed E-state index contributed by atoms with van der Waals surface area (Å²) in [7, 11) is 0. The summed E-state index contributed by atoms with van der Waals surface area (Å²) in [5, 5.41) is 33.1. The number of fused-ring (bicyclic) bond motifs is 3. The Bertz CT molecular complexity index is 1150. The Morgan fingerprint density at radius 2 is 1.79 bits per heavy atom. The van der Waals surface area contributed by atoms with E-state index in [1.165, 1.54) is 0 Å². The molecule has 9 nitrogen and oxygen atoms in total. The van der Waals surface area contributed by atoms with Crippen molar-refractivity contribution in [2.24, 2.45) is 5.92 Å². The molecule has 2 saturated heterocycles. The van der Waals surface area contributed by atoms with Crippen molar-refractivity contribution in [3.63, 3.8) is 0 Å². The van der Waals surface area contributed by atoms with Crippen LogP contribution < -0.4 is 0 Å². The third-order valence-electron chi connectivity index (χ3n) is 8.62. The van der Waals surface area contributed by atoms with Gasteiger partial charge in [-0.25, -0.2) is 4.79 Å². The molecule has 0 radical (unpaired) electrons. The Labute approximate surface area is 255 Å². The quantitative estimate of drug-likeness (QED) is 0.309. The van der Waals surface area contributed by atoms with Crippen LogP contribution in [0.5, 0.6) is 0 Å². The largest absolute Gasteiger partial charge is 0.459 e. The Morgan fingerprint density at radius 1 is 1.07 bits per heavy atom. The Hall–Kier alpha value is -2.56. The highest BCUT2D eigenvalue weighted by Gasteiger charge is 2.55. The average Bonchev–Trinajstić information content (AvgIpc) is 2.96. The highest BCUT2D eigenvalue weighted by atomic mass is 16.7. The van der Waals surface area contributed by atoms with Gasteiger partial charge in [0.25, 0.3) is 0 Å². The van der Waals surface area contributed by atoms with E-state index in [-0.39, 0.29) is 24.4 Å². The van der Waals surface area contributed by atoms with Gasteiger partial charge in [-0.15, -0.1) is 0 Å². The Morgan fingerprint density at radius 3 is 2.47 bits per heavy atom. The molecule has 0 aromatic rings. The van der Waals surface area contributed by atoms with Crippen molar-refractivity contribution in [1.82, 2.24) is 0 Å². The third-order valence-corrected chi connectivity index (χ3v) is 8.62. The molecule has 9 heteroatoms. The first-order chi connectivity index (χ1) is 20.3. The molecule has 2 bridgehead atoms. The highest BCUT2D eigenvalue weighted by molar-refractivity contribution is 5.88. The molecule has 3 aliphatic heterocycles. The summed E-state index contributed by atoms with van der Waals surface area (Å²) in [6, 6.07) is 0. The number of cyclic esters (lactones) is 1. The van der Waals surface area contributed by atoms with E-state index in [1.807, 2.05) is 52.0 Å². The normalized spacial score (nSPS) is 42.2. The van der Waals surface area contributed by atoms with Crippen LogP contribution in [0.4, 0.5) is 0 Å². The van der Waals surface area contributed by atoms with Gasteiger partial charge in [0, 0.05) is 24.3 Å². The highest BCUT2D eigenvalue weighted by Crippen LogP contribution is 2.42. The predicted molar refractivity (Wildman–Crippen MR) is 163 cm³/mol. The lowest BCUT2D eigenvalue weighted by atomic mass is 9.78. The van der Waals surface area contributed by atoms with Crippen molar-refractivity contribution in [3.05, 3.63) is 58.7 Å². The van der Waals surface area contributed by atoms with Crippen LogP contribution in [0, 0.1) is 5.92 Å². The minimum absolute atomic E-state index is 0.127. The minimum Gasteiger partial charge on any atom is -0.459 e. The molecule has 2 fully saturated rings. The number of hydrogen-bond donors (Lipinski definition) is 3. The second-order valence-corrected chi connectivity index (χ2v) is 12.3. The number of aliphatic hydroxyl groups is 3. The lowest BCUT2D eigenvalue weighted by molar-refractivity contribution is -0.345. The van der Waals surface area contributed by atoms with Crippen molar-refractivity contribution in [1.29, 1.82) is 0 Å². The lowest BCUT2D eigenvalue weighted by Gasteiger charge is -2.51. The second kappa shape index (κ2) is 15.4. The minimum atomic E-state index is -1.45. The van der Waals surface area contributed by atoms with Crippen LogP contribution in [0.25, 0.3) is 0 Å². The fourth-order valence-corrected chi connectivity index (χ4v) is 5.78. The zero-order valence-electron chi connectivity index (χ0n) is 26.6. The Balaban J connectivity index is 2.04. The van der Waals surface area contributed by atoms with Gasteiger partial charge in [0.2, 0.25) is 0 Å². The van der Waals surface area contributed by atoms with Gasteiger partial charge in [0.1, 0.15) is 23.9 Å². The fourth-order valence-electron chi connectivity index (χ4n) is 5.78. The zero-order valence-corrected chi connectivity index (χ0v) is 26.6. The first-order valence-corrected chi connectivity index (χ1v) is 15.4. The van der Waals surface area contributed by atoms with Crippen LogP contribution in [-0.4, -0.2) is 75.8 Å². The number of hydrogen-bond acceptors (Lipinski definition) is 9. The maximum atomic E-state index is 12.6. The van der Waals surface area contributed by atoms with Crippen molar-refractivity contribution in [2.45, 2.75) is 136 Å². The number of ether oxygens (including phenoxy) is 4. The van der Waals surface area contributed by atoms with E-state index in [4.69, 9.17) is 18.9 Å². The van der Waals surface area contributed by atoms with E-state index in [0.717, 1.165) is 16.7 Å². The van der Waals surface area contributed by atoms with Crippen molar-refractivity contribution in [2.75, 3.05) is 0 Å². The molecule has 3 rings (SSSR count). The van der Waals surface area contributed by atoms with E-state index in [1.54, 1.807) is 32.9 Å². The third kappa shape index (κ3) is 8.99. The molecule has 3 N–H and O–H groups in total. The second-order valence-electron chi connectivity index (χ2n) is 12.3. The van der Waals surface area contributed by atoms with Gasteiger partial charge in [-0.1, -0.05) is 55.9 Å². The zero-order chi connectivity index (χ0) is 31.9. The van der Waals surface area contributed by atoms with E-state index in [0.29, 0.717) is 37.7 Å². The van der Waals surface area contributed by atoms with Gasteiger partial charge in [-0.2, -0.15) is 0 Å². The summed E-state index contributed by atoms with van der Waals surface area (Å²) in [5.41, 5.74) is 1.96. The molecule has 9 unspecified atom stereocenters. The summed E-state index contributed by atoms with van der Waals surface area (Å²) in [4.78, 5) is 24.8. The number of allylic oxidation sites excluding steroid dienone is 4. The summed E-state index contributed by atoms with van der Waals surface area (Å²) in [6.07, 6.45) is 7.26. The molecule has 43 heavy (non-hydrogen) atoms. The maximum absolute atomic E-state index is 12.6. The fraction of sp³-hybridized carbons (Fsp3) is 0.647. The van der Waals surface area contributed by atoms with Crippen LogP contribution in [0.1, 0.15) is 87.0 Å². The average molecular weight is 603 g/mol. The van der Waals surface area contributed by atoms with Gasteiger partial charge in [0.05, 0.1) is 12.2 Å². The van der Waals surface area contributed by atoms with Crippen LogP contribution in [-0.2, 0) is 28.5 Å². The maximum Gasteiger partial charge on any atom is 0.333 e. The van der Waals surface area contributed by atoms with Gasteiger partial charge >= 0.3 is 11.9 Å². The van der Waals surface area contributed by atoms with Crippen LogP contribution in [0.3, 0.4) is 0 Å². The van der Waals surface area contributed by atoms with E-state index in [9.17, 15) is 24.9 Å². The van der Waals surface area contributed by atoms with Gasteiger partial charge in [-0.05, 0) is 71.4 Å². The topological polar surface area (TPSA) is 132 Å². The molecule has 3 aliphatic rings. The SMILES string of the molecule is CCC(=O)OC1C(O)C(O)C2OC3/C(C)=C/C(C)=C/CC(CC)OC(=O)/C(C)=C/C=C/CC(O)/C(C)=C/C3CCC1(C)O2. The molecule has 240 valence electrons. The summed E-state index contributed by atoms with van der Waals surface area (Å²) < 4.78 is 24.0. The van der Waals surface area contributed by atoms with E-state index < -0.39 is 48.4 Å². The molecule has 0 spiro atoms. The van der Waals surface area contributed by atoms with E-state index in [2.05, 4.69) is 0 Å². The molecule has 0 amide bonds. The number of aliphatic hydroxyl groups excluding tert-OH is 3. The van der Waals surface area contributed by atoms with Gasteiger partial charge in [0.15, 0.2) is 12.4 Å². The first-order valence-electron chi connectivity index (χ1n) is 15.4. The molecular formula is C34H50O9. The smallest absolute Gasteiger partial charge is 0.333 e. The Kier molecular flexibility index (Phi) is 12.5. The van der Waals surface area contributed by atoms with Gasteiger partial charge in [-0.3, -0.25) is 4.79 Å². The van der Waals surface area contributed by atoms with Crippen molar-refractivity contribution >= 4 is 11.9 Å². The molecule has 0 saturated carbocycles. The summed E-state index contributed by atoms with van der Waals surface area (Å²) in [5.74, 6) is -1.08. The van der Waals surface area contributed by atoms with Crippen LogP contribution in [0.15, 0.2) is 58.7 Å². The predicted octanol–water partition coefficient (Wildman–Crippen LogP) is 4.76. The summed E-state index contributed by atoms with van der Waals surface area (Å²) in [6.45, 7) is 12.9. The molecular weight excluding hydrogens is 552 g/mol. The van der Waals surface area contributed by atoms with E-state index >= 15 is 0 Å². The molecule has 3 heterocycles. The number of rotatable bonds is 3. The number of carbonyl (C=O) groups is 2. The summed E-state index contributed by atoms with van der Waals surface area (Å²) >= 11 is 0.